The lowest BCUT2D eigenvalue weighted by molar-refractivity contribution is -0.122. The lowest BCUT2D eigenvalue weighted by Gasteiger charge is -2.26. The summed E-state index contributed by atoms with van der Waals surface area (Å²) in [4.78, 5) is 30.7. The molecule has 2 heterocycles. The van der Waals surface area contributed by atoms with Crippen LogP contribution in [-0.4, -0.2) is 25.2 Å². The SMILES string of the molecule is Cc1nc(-c2ccc3c(c2)n(CC(=O)N[C@H]2CCCc4ccccc42)c(=O)n3C(C)C)no1. The highest BCUT2D eigenvalue weighted by Crippen LogP contribution is 2.29. The average Bonchev–Trinajstić information content (AvgIpc) is 3.35. The fraction of sp³-hybridized carbons (Fsp3) is 0.360. The number of aryl methyl sites for hydroxylation is 2. The van der Waals surface area contributed by atoms with Gasteiger partial charge in [0, 0.05) is 18.5 Å². The normalized spacial score (nSPS) is 15.7. The van der Waals surface area contributed by atoms with Crippen LogP contribution in [0, 0.1) is 6.92 Å². The van der Waals surface area contributed by atoms with Gasteiger partial charge in [-0.3, -0.25) is 13.9 Å². The fourth-order valence-electron chi connectivity index (χ4n) is 4.77. The molecule has 8 nitrogen and oxygen atoms in total. The maximum atomic E-state index is 13.3. The van der Waals surface area contributed by atoms with Gasteiger partial charge in [0.25, 0.3) is 0 Å². The number of rotatable bonds is 5. The van der Waals surface area contributed by atoms with Crippen molar-refractivity contribution < 1.29 is 9.32 Å². The van der Waals surface area contributed by atoms with Crippen LogP contribution in [0.4, 0.5) is 0 Å². The molecule has 1 amide bonds. The Hall–Kier alpha value is -3.68. The number of aromatic nitrogens is 4. The minimum Gasteiger partial charge on any atom is -0.348 e. The highest BCUT2D eigenvalue weighted by molar-refractivity contribution is 5.84. The number of hydrogen-bond acceptors (Lipinski definition) is 5. The van der Waals surface area contributed by atoms with Gasteiger partial charge in [-0.25, -0.2) is 4.79 Å². The van der Waals surface area contributed by atoms with Gasteiger partial charge in [0.05, 0.1) is 17.1 Å². The zero-order valence-corrected chi connectivity index (χ0v) is 19.0. The van der Waals surface area contributed by atoms with Gasteiger partial charge in [0.2, 0.25) is 17.6 Å². The van der Waals surface area contributed by atoms with Gasteiger partial charge < -0.3 is 9.84 Å². The number of imidazole rings is 1. The van der Waals surface area contributed by atoms with E-state index in [9.17, 15) is 9.59 Å². The van der Waals surface area contributed by atoms with E-state index in [1.54, 1.807) is 11.5 Å². The molecule has 4 aromatic rings. The number of benzene rings is 2. The van der Waals surface area contributed by atoms with E-state index in [0.29, 0.717) is 17.2 Å². The number of carbonyl (C=O) groups excluding carboxylic acids is 1. The molecule has 1 aliphatic rings. The molecule has 2 aromatic heterocycles. The molecule has 1 N–H and O–H groups in total. The standard InChI is InChI=1S/C25H27N5O3/c1-15(2)30-21-12-11-18(24-26-16(3)33-28-24)13-22(21)29(25(30)32)14-23(31)27-20-10-6-8-17-7-4-5-9-19(17)20/h4-5,7,9,11-13,15,20H,6,8,10,14H2,1-3H3,(H,27,31)/t20-/m0/s1. The van der Waals surface area contributed by atoms with Crippen LogP contribution in [0.1, 0.15) is 55.8 Å². The highest BCUT2D eigenvalue weighted by Gasteiger charge is 2.23. The molecule has 1 atom stereocenters. The summed E-state index contributed by atoms with van der Waals surface area (Å²) in [7, 11) is 0. The van der Waals surface area contributed by atoms with Gasteiger partial charge in [0.1, 0.15) is 6.54 Å². The molecule has 0 unspecified atom stereocenters. The first kappa shape index (κ1) is 21.2. The quantitative estimate of drug-likeness (QED) is 0.502. The van der Waals surface area contributed by atoms with Crippen LogP contribution in [-0.2, 0) is 17.8 Å². The summed E-state index contributed by atoms with van der Waals surface area (Å²) in [6.07, 6.45) is 2.96. The Morgan fingerprint density at radius 1 is 1.21 bits per heavy atom. The van der Waals surface area contributed by atoms with Crippen molar-refractivity contribution in [3.05, 3.63) is 70.0 Å². The fourth-order valence-corrected chi connectivity index (χ4v) is 4.77. The van der Waals surface area contributed by atoms with E-state index in [4.69, 9.17) is 4.52 Å². The van der Waals surface area contributed by atoms with Crippen molar-refractivity contribution in [2.45, 2.75) is 58.7 Å². The van der Waals surface area contributed by atoms with Crippen LogP contribution in [0.3, 0.4) is 0 Å². The molecule has 0 spiro atoms. The van der Waals surface area contributed by atoms with E-state index >= 15 is 0 Å². The number of amides is 1. The molecule has 0 aliphatic heterocycles. The van der Waals surface area contributed by atoms with Crippen LogP contribution in [0.25, 0.3) is 22.4 Å². The van der Waals surface area contributed by atoms with E-state index in [-0.39, 0.29) is 30.2 Å². The van der Waals surface area contributed by atoms with Crippen molar-refractivity contribution in [3.63, 3.8) is 0 Å². The third-order valence-electron chi connectivity index (χ3n) is 6.27. The molecular weight excluding hydrogens is 418 g/mol. The van der Waals surface area contributed by atoms with E-state index in [0.717, 1.165) is 30.3 Å². The van der Waals surface area contributed by atoms with Crippen LogP contribution in [0.5, 0.6) is 0 Å². The molecule has 0 fully saturated rings. The molecule has 0 bridgehead atoms. The summed E-state index contributed by atoms with van der Waals surface area (Å²) in [5.41, 5.74) is 4.42. The summed E-state index contributed by atoms with van der Waals surface area (Å²) in [6, 6.07) is 13.8. The lowest BCUT2D eigenvalue weighted by Crippen LogP contribution is -2.36. The first-order chi connectivity index (χ1) is 15.9. The first-order valence-electron chi connectivity index (χ1n) is 11.3. The number of fused-ring (bicyclic) bond motifs is 2. The average molecular weight is 446 g/mol. The largest absolute Gasteiger partial charge is 0.348 e. The van der Waals surface area contributed by atoms with Gasteiger partial charge in [0.15, 0.2) is 0 Å². The van der Waals surface area contributed by atoms with E-state index in [1.165, 1.54) is 15.7 Å². The Balaban J connectivity index is 1.50. The minimum atomic E-state index is -0.208. The number of nitrogens with one attached hydrogen (secondary N) is 1. The summed E-state index contributed by atoms with van der Waals surface area (Å²) in [6.45, 7) is 5.59. The van der Waals surface area contributed by atoms with Gasteiger partial charge in [-0.1, -0.05) is 29.4 Å². The third kappa shape index (κ3) is 3.86. The lowest BCUT2D eigenvalue weighted by atomic mass is 9.88. The van der Waals surface area contributed by atoms with Crippen molar-refractivity contribution in [1.29, 1.82) is 0 Å². The molecule has 0 saturated heterocycles. The summed E-state index contributed by atoms with van der Waals surface area (Å²) < 4.78 is 8.36. The van der Waals surface area contributed by atoms with Gasteiger partial charge >= 0.3 is 5.69 Å². The van der Waals surface area contributed by atoms with Gasteiger partial charge in [-0.15, -0.1) is 0 Å². The van der Waals surface area contributed by atoms with Crippen LogP contribution < -0.4 is 11.0 Å². The Bertz CT molecular complexity index is 1390. The zero-order chi connectivity index (χ0) is 23.1. The summed E-state index contributed by atoms with van der Waals surface area (Å²) >= 11 is 0. The molecule has 0 saturated carbocycles. The Kier molecular flexibility index (Phi) is 5.36. The number of carbonyl (C=O) groups is 1. The van der Waals surface area contributed by atoms with Gasteiger partial charge in [-0.2, -0.15) is 4.98 Å². The van der Waals surface area contributed by atoms with Crippen molar-refractivity contribution in [2.24, 2.45) is 0 Å². The highest BCUT2D eigenvalue weighted by atomic mass is 16.5. The molecule has 33 heavy (non-hydrogen) atoms. The minimum absolute atomic E-state index is 0.0329. The maximum absolute atomic E-state index is 13.3. The molecule has 5 rings (SSSR count). The van der Waals surface area contributed by atoms with Crippen molar-refractivity contribution >= 4 is 16.9 Å². The smallest absolute Gasteiger partial charge is 0.329 e. The van der Waals surface area contributed by atoms with Crippen molar-refractivity contribution in [2.75, 3.05) is 0 Å². The molecule has 1 aliphatic carbocycles. The Labute approximate surface area is 191 Å². The maximum Gasteiger partial charge on any atom is 0.329 e. The Morgan fingerprint density at radius 2 is 2.03 bits per heavy atom. The second kappa shape index (κ2) is 8.35. The number of hydrogen-bond donors (Lipinski definition) is 1. The van der Waals surface area contributed by atoms with Crippen LogP contribution >= 0.6 is 0 Å². The van der Waals surface area contributed by atoms with Crippen LogP contribution in [0.2, 0.25) is 0 Å². The second-order valence-electron chi connectivity index (χ2n) is 8.88. The van der Waals surface area contributed by atoms with Crippen molar-refractivity contribution in [1.82, 2.24) is 24.6 Å². The summed E-state index contributed by atoms with van der Waals surface area (Å²) in [5.74, 6) is 0.741. The molecule has 170 valence electrons. The predicted molar refractivity (Wildman–Crippen MR) is 125 cm³/mol. The predicted octanol–water partition coefficient (Wildman–Crippen LogP) is 3.94. The van der Waals surface area contributed by atoms with E-state index in [2.05, 4.69) is 27.6 Å². The molecule has 8 heteroatoms. The Morgan fingerprint density at radius 3 is 2.79 bits per heavy atom. The second-order valence-corrected chi connectivity index (χ2v) is 8.88. The van der Waals surface area contributed by atoms with E-state index in [1.807, 2.05) is 44.2 Å². The third-order valence-corrected chi connectivity index (χ3v) is 6.27. The topological polar surface area (TPSA) is 95.0 Å². The van der Waals surface area contributed by atoms with Crippen molar-refractivity contribution in [3.8, 4) is 11.4 Å². The molecular formula is C25H27N5O3. The van der Waals surface area contributed by atoms with Crippen LogP contribution in [0.15, 0.2) is 51.8 Å². The first-order valence-corrected chi connectivity index (χ1v) is 11.3. The molecule has 0 radical (unpaired) electrons. The molecule has 2 aromatic carbocycles. The number of nitrogens with zero attached hydrogens (tertiary/aromatic N) is 4. The monoisotopic (exact) mass is 445 g/mol. The van der Waals surface area contributed by atoms with E-state index < -0.39 is 0 Å². The zero-order valence-electron chi connectivity index (χ0n) is 19.0. The summed E-state index contributed by atoms with van der Waals surface area (Å²) in [5, 5.41) is 7.14. The van der Waals surface area contributed by atoms with Gasteiger partial charge in [-0.05, 0) is 62.4 Å².